The molecule has 2 N–H and O–H groups in total. The van der Waals surface area contributed by atoms with E-state index in [1.54, 1.807) is 6.20 Å². The molecule has 0 unspecified atom stereocenters. The first kappa shape index (κ1) is 12.2. The van der Waals surface area contributed by atoms with Crippen molar-refractivity contribution in [1.29, 1.82) is 0 Å². The van der Waals surface area contributed by atoms with Crippen LogP contribution in [-0.2, 0) is 12.8 Å². The molecule has 1 aliphatic rings. The highest BCUT2D eigenvalue weighted by Crippen LogP contribution is 2.31. The zero-order chi connectivity index (χ0) is 13.1. The minimum Gasteiger partial charge on any atom is -0.493 e. The van der Waals surface area contributed by atoms with Crippen molar-refractivity contribution in [3.05, 3.63) is 59.4 Å². The van der Waals surface area contributed by atoms with Gasteiger partial charge in [-0.1, -0.05) is 12.1 Å². The van der Waals surface area contributed by atoms with Crippen molar-refractivity contribution < 1.29 is 4.74 Å². The van der Waals surface area contributed by atoms with E-state index in [0.717, 1.165) is 25.0 Å². The number of aryl methyl sites for hydroxylation is 1. The molecule has 0 saturated heterocycles. The Bertz CT molecular complexity index is 554. The van der Waals surface area contributed by atoms with Crippen molar-refractivity contribution in [2.24, 2.45) is 5.73 Å². The van der Waals surface area contributed by atoms with Gasteiger partial charge in [0.2, 0.25) is 0 Å². The number of hydrogen-bond acceptors (Lipinski definition) is 3. The number of benzene rings is 1. The molecule has 98 valence electrons. The van der Waals surface area contributed by atoms with E-state index >= 15 is 0 Å². The van der Waals surface area contributed by atoms with Crippen molar-refractivity contribution in [2.45, 2.75) is 25.3 Å². The molecule has 1 atom stereocenters. The molecule has 0 bridgehead atoms. The van der Waals surface area contributed by atoms with Gasteiger partial charge >= 0.3 is 0 Å². The largest absolute Gasteiger partial charge is 0.493 e. The van der Waals surface area contributed by atoms with Crippen molar-refractivity contribution in [1.82, 2.24) is 4.98 Å². The Labute approximate surface area is 113 Å². The van der Waals surface area contributed by atoms with Crippen LogP contribution in [0.2, 0.25) is 0 Å². The number of ether oxygens (including phenoxy) is 1. The Kier molecular flexibility index (Phi) is 3.47. The summed E-state index contributed by atoms with van der Waals surface area (Å²) in [5.74, 6) is 0.941. The van der Waals surface area contributed by atoms with Crippen LogP contribution in [0, 0.1) is 0 Å². The lowest BCUT2D eigenvalue weighted by atomic mass is 10.1. The van der Waals surface area contributed by atoms with E-state index < -0.39 is 0 Å². The molecule has 0 saturated carbocycles. The van der Waals surface area contributed by atoms with Crippen LogP contribution in [0.1, 0.15) is 29.2 Å². The summed E-state index contributed by atoms with van der Waals surface area (Å²) in [6.07, 6.45) is 6.66. The third-order valence-corrected chi connectivity index (χ3v) is 3.62. The molecule has 0 fully saturated rings. The van der Waals surface area contributed by atoms with E-state index in [1.807, 2.05) is 18.3 Å². The quantitative estimate of drug-likeness (QED) is 0.912. The Morgan fingerprint density at radius 3 is 3.11 bits per heavy atom. The minimum atomic E-state index is 0.208. The second-order valence-electron chi connectivity index (χ2n) is 4.97. The van der Waals surface area contributed by atoms with Gasteiger partial charge < -0.3 is 10.5 Å². The summed E-state index contributed by atoms with van der Waals surface area (Å²) in [6.45, 7) is 0.677. The summed E-state index contributed by atoms with van der Waals surface area (Å²) in [4.78, 5) is 4.10. The van der Waals surface area contributed by atoms with Crippen LogP contribution < -0.4 is 10.5 Å². The molecule has 1 aromatic heterocycles. The average molecular weight is 254 g/mol. The van der Waals surface area contributed by atoms with Crippen LogP contribution in [0.15, 0.2) is 42.7 Å². The molecule has 0 spiro atoms. The first-order chi connectivity index (χ1) is 9.33. The van der Waals surface area contributed by atoms with Crippen molar-refractivity contribution >= 4 is 0 Å². The normalized spacial score (nSPS) is 17.2. The van der Waals surface area contributed by atoms with E-state index in [2.05, 4.69) is 23.2 Å². The lowest BCUT2D eigenvalue weighted by molar-refractivity contribution is 0.321. The second kappa shape index (κ2) is 5.41. The molecule has 0 radical (unpaired) electrons. The zero-order valence-electron chi connectivity index (χ0n) is 10.9. The summed E-state index contributed by atoms with van der Waals surface area (Å²) < 4.78 is 5.80. The van der Waals surface area contributed by atoms with Crippen LogP contribution in [0.3, 0.4) is 0 Å². The standard InChI is InChI=1S/C16H18N2O/c17-16-6-3-13-10-14(4-5-15(13)16)19-9-7-12-2-1-8-18-11-12/h1-2,4-5,8,10-11,16H,3,6-7,9,17H2/t16-/m0/s1. The van der Waals surface area contributed by atoms with E-state index in [0.29, 0.717) is 6.61 Å². The number of nitrogens with two attached hydrogens (primary N) is 1. The SMILES string of the molecule is N[C@H]1CCc2cc(OCCc3cccnc3)ccc21. The molecule has 3 heteroatoms. The molecule has 1 aromatic carbocycles. The van der Waals surface area contributed by atoms with Crippen molar-refractivity contribution in [2.75, 3.05) is 6.61 Å². The van der Waals surface area contributed by atoms with Crippen molar-refractivity contribution in [3.8, 4) is 5.75 Å². The van der Waals surface area contributed by atoms with Gasteiger partial charge in [-0.3, -0.25) is 4.98 Å². The van der Waals surface area contributed by atoms with Gasteiger partial charge in [0.25, 0.3) is 0 Å². The fraction of sp³-hybridized carbons (Fsp3) is 0.312. The Morgan fingerprint density at radius 2 is 2.26 bits per heavy atom. The van der Waals surface area contributed by atoms with Crippen LogP contribution >= 0.6 is 0 Å². The smallest absolute Gasteiger partial charge is 0.119 e. The number of pyridine rings is 1. The first-order valence-electron chi connectivity index (χ1n) is 6.73. The average Bonchev–Trinajstić information content (AvgIpc) is 2.81. The highest BCUT2D eigenvalue weighted by molar-refractivity contribution is 5.40. The maximum Gasteiger partial charge on any atom is 0.119 e. The highest BCUT2D eigenvalue weighted by Gasteiger charge is 2.18. The molecule has 0 amide bonds. The molecular formula is C16H18N2O. The summed E-state index contributed by atoms with van der Waals surface area (Å²) in [5.41, 5.74) is 9.84. The molecule has 3 nitrogen and oxygen atoms in total. The molecule has 1 heterocycles. The third kappa shape index (κ3) is 2.76. The Hall–Kier alpha value is -1.87. The van der Waals surface area contributed by atoms with Gasteiger partial charge in [-0.15, -0.1) is 0 Å². The topological polar surface area (TPSA) is 48.1 Å². The molecule has 0 aliphatic heterocycles. The molecule has 1 aliphatic carbocycles. The second-order valence-corrected chi connectivity index (χ2v) is 4.97. The number of rotatable bonds is 4. The lowest BCUT2D eigenvalue weighted by Crippen LogP contribution is -2.05. The Morgan fingerprint density at radius 1 is 1.32 bits per heavy atom. The first-order valence-corrected chi connectivity index (χ1v) is 6.73. The van der Waals surface area contributed by atoms with E-state index in [1.165, 1.54) is 16.7 Å². The van der Waals surface area contributed by atoms with Gasteiger partial charge in [-0.2, -0.15) is 0 Å². The van der Waals surface area contributed by atoms with Crippen molar-refractivity contribution in [3.63, 3.8) is 0 Å². The van der Waals surface area contributed by atoms with Crippen LogP contribution in [0.25, 0.3) is 0 Å². The predicted octanol–water partition coefficient (Wildman–Crippen LogP) is 2.65. The van der Waals surface area contributed by atoms with E-state index in [4.69, 9.17) is 10.5 Å². The van der Waals surface area contributed by atoms with Gasteiger partial charge in [0, 0.05) is 24.9 Å². The zero-order valence-corrected chi connectivity index (χ0v) is 10.9. The van der Waals surface area contributed by atoms with E-state index in [-0.39, 0.29) is 6.04 Å². The third-order valence-electron chi connectivity index (χ3n) is 3.62. The van der Waals surface area contributed by atoms with Gasteiger partial charge in [-0.05, 0) is 47.7 Å². The van der Waals surface area contributed by atoms with Gasteiger partial charge in [-0.25, -0.2) is 0 Å². The van der Waals surface area contributed by atoms with Crippen LogP contribution in [0.4, 0.5) is 0 Å². The maximum absolute atomic E-state index is 6.02. The number of aromatic nitrogens is 1. The predicted molar refractivity (Wildman–Crippen MR) is 75.1 cm³/mol. The fourth-order valence-electron chi connectivity index (χ4n) is 2.55. The van der Waals surface area contributed by atoms with E-state index in [9.17, 15) is 0 Å². The number of fused-ring (bicyclic) bond motifs is 1. The number of nitrogens with zero attached hydrogens (tertiary/aromatic N) is 1. The summed E-state index contributed by atoms with van der Waals surface area (Å²) in [6, 6.07) is 10.5. The molecule has 3 rings (SSSR count). The van der Waals surface area contributed by atoms with Crippen LogP contribution in [-0.4, -0.2) is 11.6 Å². The van der Waals surface area contributed by atoms with Gasteiger partial charge in [0.15, 0.2) is 0 Å². The summed E-state index contributed by atoms with van der Waals surface area (Å²) in [5, 5.41) is 0. The van der Waals surface area contributed by atoms with Gasteiger partial charge in [0.1, 0.15) is 5.75 Å². The summed E-state index contributed by atoms with van der Waals surface area (Å²) >= 11 is 0. The Balaban J connectivity index is 1.59. The van der Waals surface area contributed by atoms with Crippen LogP contribution in [0.5, 0.6) is 5.75 Å². The minimum absolute atomic E-state index is 0.208. The highest BCUT2D eigenvalue weighted by atomic mass is 16.5. The monoisotopic (exact) mass is 254 g/mol. The summed E-state index contributed by atoms with van der Waals surface area (Å²) in [7, 11) is 0. The number of hydrogen-bond donors (Lipinski definition) is 1. The fourth-order valence-corrected chi connectivity index (χ4v) is 2.55. The molecule has 2 aromatic rings. The molecule has 19 heavy (non-hydrogen) atoms. The lowest BCUT2D eigenvalue weighted by Gasteiger charge is -2.09. The van der Waals surface area contributed by atoms with Gasteiger partial charge in [0.05, 0.1) is 6.61 Å². The maximum atomic E-state index is 6.02. The molecular weight excluding hydrogens is 236 g/mol.